The molecule has 0 saturated heterocycles. The minimum atomic E-state index is -3.53. The monoisotopic (exact) mass is 313 g/mol. The van der Waals surface area contributed by atoms with E-state index in [0.717, 1.165) is 0 Å². The molecule has 21 heavy (non-hydrogen) atoms. The van der Waals surface area contributed by atoms with E-state index in [1.807, 2.05) is 26.8 Å². The Morgan fingerprint density at radius 3 is 2.29 bits per heavy atom. The van der Waals surface area contributed by atoms with Crippen LogP contribution in [-0.2, 0) is 20.6 Å². The lowest BCUT2D eigenvalue weighted by Crippen LogP contribution is -2.35. The minimum absolute atomic E-state index is 0.0816. The van der Waals surface area contributed by atoms with Crippen LogP contribution in [0.2, 0.25) is 0 Å². The van der Waals surface area contributed by atoms with Gasteiger partial charge in [-0.15, -0.1) is 0 Å². The fraction of sp³-hybridized carbons (Fsp3) is 0.533. The summed E-state index contributed by atoms with van der Waals surface area (Å²) in [5, 5.41) is 9.19. The van der Waals surface area contributed by atoms with Crippen molar-refractivity contribution in [3.8, 4) is 0 Å². The molecule has 0 amide bonds. The largest absolute Gasteiger partial charge is 0.481 e. The highest BCUT2D eigenvalue weighted by Crippen LogP contribution is 2.24. The fourth-order valence-corrected chi connectivity index (χ4v) is 3.25. The third-order valence-electron chi connectivity index (χ3n) is 2.96. The first kappa shape index (κ1) is 17.7. The predicted molar refractivity (Wildman–Crippen MR) is 82.3 cm³/mol. The van der Waals surface area contributed by atoms with E-state index in [2.05, 4.69) is 4.72 Å². The van der Waals surface area contributed by atoms with Gasteiger partial charge >= 0.3 is 5.97 Å². The summed E-state index contributed by atoms with van der Waals surface area (Å²) in [7, 11) is -3.53. The molecule has 0 saturated carbocycles. The first-order valence-electron chi connectivity index (χ1n) is 6.83. The summed E-state index contributed by atoms with van der Waals surface area (Å²) in [4.78, 5) is 11.2. The van der Waals surface area contributed by atoms with Gasteiger partial charge in [0, 0.05) is 6.54 Å². The molecule has 0 bridgehead atoms. The van der Waals surface area contributed by atoms with Gasteiger partial charge in [-0.05, 0) is 17.4 Å². The zero-order chi connectivity index (χ0) is 16.1. The molecule has 1 aromatic carbocycles. The molecule has 0 aromatic heterocycles. The Morgan fingerprint density at radius 1 is 1.24 bits per heavy atom. The van der Waals surface area contributed by atoms with Gasteiger partial charge in [0.05, 0.1) is 11.7 Å². The zero-order valence-corrected chi connectivity index (χ0v) is 13.5. The normalized spacial score (nSPS) is 13.9. The average molecular weight is 313 g/mol. The van der Waals surface area contributed by atoms with E-state index in [9.17, 15) is 18.3 Å². The van der Waals surface area contributed by atoms with Crippen molar-refractivity contribution in [2.45, 2.75) is 32.9 Å². The molecule has 0 heterocycles. The molecule has 2 N–H and O–H groups in total. The molecule has 118 valence electrons. The maximum atomic E-state index is 12.0. The van der Waals surface area contributed by atoms with Crippen LogP contribution in [0.25, 0.3) is 0 Å². The third kappa shape index (κ3) is 7.24. The molecule has 6 heteroatoms. The second-order valence-corrected chi connectivity index (χ2v) is 8.20. The van der Waals surface area contributed by atoms with Gasteiger partial charge in [-0.1, -0.05) is 51.1 Å². The molecule has 5 nitrogen and oxygen atoms in total. The smallest absolute Gasteiger partial charge is 0.307 e. The van der Waals surface area contributed by atoms with Crippen molar-refractivity contribution in [1.29, 1.82) is 0 Å². The molecular weight excluding hydrogens is 290 g/mol. The van der Waals surface area contributed by atoms with Gasteiger partial charge < -0.3 is 5.11 Å². The summed E-state index contributed by atoms with van der Waals surface area (Å²) in [6.45, 7) is 5.71. The molecule has 1 unspecified atom stereocenters. The number of hydrogen-bond donors (Lipinski definition) is 2. The fourth-order valence-electron chi connectivity index (χ4n) is 2.06. The Morgan fingerprint density at radius 2 is 1.81 bits per heavy atom. The molecule has 0 aliphatic rings. The molecule has 1 rings (SSSR count). The van der Waals surface area contributed by atoms with E-state index in [1.165, 1.54) is 0 Å². The van der Waals surface area contributed by atoms with Gasteiger partial charge in [-0.2, -0.15) is 0 Å². The SMILES string of the molecule is CC(C)(C)CC(CNS(=O)(=O)Cc1ccccc1)C(=O)O. The standard InChI is InChI=1S/C15H23NO4S/c1-15(2,3)9-13(14(17)18)10-16-21(19,20)11-12-7-5-4-6-8-12/h4-8,13,16H,9-11H2,1-3H3,(H,17,18). The van der Waals surface area contributed by atoms with Crippen LogP contribution in [0.1, 0.15) is 32.8 Å². The lowest BCUT2D eigenvalue weighted by Gasteiger charge is -2.23. The van der Waals surface area contributed by atoms with Crippen molar-refractivity contribution < 1.29 is 18.3 Å². The Bertz CT molecular complexity index is 561. The van der Waals surface area contributed by atoms with Crippen molar-refractivity contribution in [3.05, 3.63) is 35.9 Å². The third-order valence-corrected chi connectivity index (χ3v) is 4.28. The number of carboxylic acid groups (broad SMARTS) is 1. The molecule has 0 fully saturated rings. The Labute approximate surface area is 126 Å². The van der Waals surface area contributed by atoms with Gasteiger partial charge in [-0.25, -0.2) is 13.1 Å². The van der Waals surface area contributed by atoms with Gasteiger partial charge in [0.1, 0.15) is 0 Å². The number of carbonyl (C=O) groups is 1. The predicted octanol–water partition coefficient (Wildman–Crippen LogP) is 2.24. The minimum Gasteiger partial charge on any atom is -0.481 e. The first-order valence-corrected chi connectivity index (χ1v) is 8.48. The Hall–Kier alpha value is -1.40. The number of carboxylic acids is 1. The molecule has 1 atom stereocenters. The number of hydrogen-bond acceptors (Lipinski definition) is 3. The number of rotatable bonds is 7. The first-order chi connectivity index (χ1) is 9.59. The van der Waals surface area contributed by atoms with Crippen LogP contribution in [0, 0.1) is 11.3 Å². The highest BCUT2D eigenvalue weighted by atomic mass is 32.2. The van der Waals surface area contributed by atoms with Crippen molar-refractivity contribution in [2.75, 3.05) is 6.54 Å². The van der Waals surface area contributed by atoms with E-state index in [-0.39, 0.29) is 17.7 Å². The number of nitrogens with one attached hydrogen (secondary N) is 1. The Balaban J connectivity index is 2.64. The van der Waals surface area contributed by atoms with Crippen LogP contribution in [0.3, 0.4) is 0 Å². The van der Waals surface area contributed by atoms with E-state index < -0.39 is 21.9 Å². The van der Waals surface area contributed by atoms with Crippen molar-refractivity contribution in [2.24, 2.45) is 11.3 Å². The van der Waals surface area contributed by atoms with E-state index >= 15 is 0 Å². The zero-order valence-electron chi connectivity index (χ0n) is 12.7. The topological polar surface area (TPSA) is 83.5 Å². The van der Waals surface area contributed by atoms with Crippen molar-refractivity contribution in [1.82, 2.24) is 4.72 Å². The van der Waals surface area contributed by atoms with Crippen LogP contribution in [-0.4, -0.2) is 26.0 Å². The maximum Gasteiger partial charge on any atom is 0.307 e. The van der Waals surface area contributed by atoms with E-state index in [0.29, 0.717) is 12.0 Å². The summed E-state index contributed by atoms with van der Waals surface area (Å²) in [5.74, 6) is -1.85. The lowest BCUT2D eigenvalue weighted by molar-refractivity contribution is -0.142. The second-order valence-electron chi connectivity index (χ2n) is 6.39. The highest BCUT2D eigenvalue weighted by Gasteiger charge is 2.26. The van der Waals surface area contributed by atoms with Crippen molar-refractivity contribution in [3.63, 3.8) is 0 Å². The van der Waals surface area contributed by atoms with Crippen LogP contribution in [0.4, 0.5) is 0 Å². The molecule has 0 radical (unpaired) electrons. The number of aliphatic carboxylic acids is 1. The average Bonchev–Trinajstić information content (AvgIpc) is 2.33. The highest BCUT2D eigenvalue weighted by molar-refractivity contribution is 7.88. The van der Waals surface area contributed by atoms with E-state index in [1.54, 1.807) is 24.3 Å². The quantitative estimate of drug-likeness (QED) is 0.808. The number of sulfonamides is 1. The molecule has 0 aliphatic heterocycles. The summed E-state index contributed by atoms with van der Waals surface area (Å²) in [5.41, 5.74) is 0.501. The molecular formula is C15H23NO4S. The summed E-state index contributed by atoms with van der Waals surface area (Å²) in [6.07, 6.45) is 0.413. The van der Waals surface area contributed by atoms with Crippen LogP contribution >= 0.6 is 0 Å². The van der Waals surface area contributed by atoms with Gasteiger partial charge in [0.15, 0.2) is 0 Å². The summed E-state index contributed by atoms with van der Waals surface area (Å²) in [6, 6.07) is 8.80. The van der Waals surface area contributed by atoms with Gasteiger partial charge in [-0.3, -0.25) is 4.79 Å². The van der Waals surface area contributed by atoms with Crippen LogP contribution in [0.15, 0.2) is 30.3 Å². The summed E-state index contributed by atoms with van der Waals surface area (Å²) < 4.78 is 26.4. The van der Waals surface area contributed by atoms with Crippen LogP contribution < -0.4 is 4.72 Å². The summed E-state index contributed by atoms with van der Waals surface area (Å²) >= 11 is 0. The van der Waals surface area contributed by atoms with E-state index in [4.69, 9.17) is 0 Å². The number of benzene rings is 1. The Kier molecular flexibility index (Phi) is 5.92. The van der Waals surface area contributed by atoms with Gasteiger partial charge in [0.25, 0.3) is 0 Å². The molecule has 1 aromatic rings. The molecule has 0 aliphatic carbocycles. The van der Waals surface area contributed by atoms with Crippen molar-refractivity contribution >= 4 is 16.0 Å². The van der Waals surface area contributed by atoms with Gasteiger partial charge in [0.2, 0.25) is 10.0 Å². The lowest BCUT2D eigenvalue weighted by atomic mass is 9.85. The molecule has 0 spiro atoms. The van der Waals surface area contributed by atoms with Crippen LogP contribution in [0.5, 0.6) is 0 Å². The second kappa shape index (κ2) is 7.04. The maximum absolute atomic E-state index is 12.0.